The predicted octanol–water partition coefficient (Wildman–Crippen LogP) is 3.35. The quantitative estimate of drug-likeness (QED) is 0.677. The minimum atomic E-state index is -0.119. The van der Waals surface area contributed by atoms with Gasteiger partial charge in [0.05, 0.1) is 30.0 Å². The molecular weight excluding hydrogens is 382 g/mol. The van der Waals surface area contributed by atoms with Gasteiger partial charge in [-0.2, -0.15) is 0 Å². The molecule has 2 heterocycles. The van der Waals surface area contributed by atoms with Crippen molar-refractivity contribution in [2.45, 2.75) is 46.8 Å². The molecule has 1 fully saturated rings. The van der Waals surface area contributed by atoms with Gasteiger partial charge in [0, 0.05) is 25.7 Å². The molecule has 1 saturated heterocycles. The molecule has 164 valence electrons. The van der Waals surface area contributed by atoms with Crippen molar-refractivity contribution in [2.75, 3.05) is 32.8 Å². The van der Waals surface area contributed by atoms with Crippen molar-refractivity contribution < 1.29 is 18.8 Å². The number of carbonyl (C=O) groups excluding carboxylic acids is 1. The molecule has 1 unspecified atom stereocenters. The highest BCUT2D eigenvalue weighted by atomic mass is 16.5. The van der Waals surface area contributed by atoms with Crippen molar-refractivity contribution in [3.05, 3.63) is 46.8 Å². The van der Waals surface area contributed by atoms with Crippen LogP contribution in [0.2, 0.25) is 0 Å². The molecule has 0 saturated carbocycles. The molecule has 0 spiro atoms. The number of aromatic nitrogens is 1. The average Bonchev–Trinajstić information content (AvgIpc) is 3.07. The number of ether oxygens (including phenoxy) is 2. The lowest BCUT2D eigenvalue weighted by atomic mass is 10.0. The normalized spacial score (nSPS) is 15.9. The first kappa shape index (κ1) is 22.3. The Kier molecular flexibility index (Phi) is 7.87. The Hall–Kier alpha value is -2.38. The van der Waals surface area contributed by atoms with Gasteiger partial charge >= 0.3 is 0 Å². The first-order valence-electron chi connectivity index (χ1n) is 10.7. The van der Waals surface area contributed by atoms with Crippen molar-refractivity contribution >= 4 is 5.91 Å². The number of nitrogens with zero attached hydrogens (tertiary/aromatic N) is 2. The van der Waals surface area contributed by atoms with E-state index in [9.17, 15) is 4.79 Å². The van der Waals surface area contributed by atoms with Crippen LogP contribution in [0, 0.1) is 19.8 Å². The number of benzene rings is 1. The minimum absolute atomic E-state index is 0.119. The van der Waals surface area contributed by atoms with Gasteiger partial charge in [0.2, 0.25) is 0 Å². The Morgan fingerprint density at radius 1 is 1.23 bits per heavy atom. The summed E-state index contributed by atoms with van der Waals surface area (Å²) in [5, 5.41) is 7.08. The third kappa shape index (κ3) is 5.83. The Morgan fingerprint density at radius 2 is 1.97 bits per heavy atom. The highest BCUT2D eigenvalue weighted by Crippen LogP contribution is 2.22. The number of hydrogen-bond acceptors (Lipinski definition) is 6. The molecule has 1 aromatic carbocycles. The van der Waals surface area contributed by atoms with Gasteiger partial charge in [-0.3, -0.25) is 9.69 Å². The van der Waals surface area contributed by atoms with Gasteiger partial charge in [0.15, 0.2) is 0 Å². The lowest BCUT2D eigenvalue weighted by molar-refractivity contribution is 0.0124. The van der Waals surface area contributed by atoms with Crippen LogP contribution in [0.4, 0.5) is 0 Å². The van der Waals surface area contributed by atoms with Crippen LogP contribution in [0.3, 0.4) is 0 Å². The van der Waals surface area contributed by atoms with Crippen LogP contribution in [-0.2, 0) is 11.3 Å². The second kappa shape index (κ2) is 10.6. The van der Waals surface area contributed by atoms with Crippen molar-refractivity contribution in [1.82, 2.24) is 15.4 Å². The number of hydrogen-bond donors (Lipinski definition) is 1. The number of para-hydroxylation sites is 1. The molecule has 7 heteroatoms. The number of carbonyl (C=O) groups is 1. The van der Waals surface area contributed by atoms with Crippen molar-refractivity contribution in [3.63, 3.8) is 0 Å². The summed E-state index contributed by atoms with van der Waals surface area (Å²) in [4.78, 5) is 15.4. The molecule has 0 bridgehead atoms. The highest BCUT2D eigenvalue weighted by Gasteiger charge is 2.23. The molecular formula is C23H33N3O4. The molecule has 0 aliphatic carbocycles. The van der Waals surface area contributed by atoms with Crippen LogP contribution < -0.4 is 10.1 Å². The summed E-state index contributed by atoms with van der Waals surface area (Å²) in [6.07, 6.45) is 1.03. The molecule has 1 aliphatic heterocycles. The Bertz CT molecular complexity index is 808. The zero-order chi connectivity index (χ0) is 21.5. The van der Waals surface area contributed by atoms with Crippen LogP contribution in [0.5, 0.6) is 5.75 Å². The first-order chi connectivity index (χ1) is 14.5. The largest absolute Gasteiger partial charge is 0.488 e. The fraction of sp³-hybridized carbons (Fsp3) is 0.565. The lowest BCUT2D eigenvalue weighted by Gasteiger charge is -2.35. The lowest BCUT2D eigenvalue weighted by Crippen LogP contribution is -2.49. The van der Waals surface area contributed by atoms with E-state index in [0.717, 1.165) is 49.7 Å². The maximum atomic E-state index is 13.0. The molecule has 1 atom stereocenters. The van der Waals surface area contributed by atoms with E-state index in [2.05, 4.69) is 29.2 Å². The zero-order valence-electron chi connectivity index (χ0n) is 18.4. The standard InChI is InChI=1S/C23H33N3O4/c1-16(2)13-19(26-9-11-28-12-10-26)14-24-23(27)20-7-5-6-8-22(20)29-15-21-17(3)25-30-18(21)4/h5-8,16,19H,9-15H2,1-4H3,(H,24,27). The van der Waals surface area contributed by atoms with Crippen LogP contribution >= 0.6 is 0 Å². The van der Waals surface area contributed by atoms with Crippen LogP contribution in [0.25, 0.3) is 0 Å². The summed E-state index contributed by atoms with van der Waals surface area (Å²) < 4.78 is 16.6. The van der Waals surface area contributed by atoms with E-state index in [0.29, 0.717) is 36.4 Å². The van der Waals surface area contributed by atoms with Crippen molar-refractivity contribution in [3.8, 4) is 5.75 Å². The average molecular weight is 416 g/mol. The number of rotatable bonds is 9. The maximum absolute atomic E-state index is 13.0. The third-order valence-electron chi connectivity index (χ3n) is 5.49. The van der Waals surface area contributed by atoms with E-state index in [4.69, 9.17) is 14.0 Å². The number of morpholine rings is 1. The molecule has 3 rings (SSSR count). The molecule has 2 aromatic rings. The van der Waals surface area contributed by atoms with Crippen LogP contribution in [0.1, 0.15) is 47.6 Å². The monoisotopic (exact) mass is 415 g/mol. The fourth-order valence-electron chi connectivity index (χ4n) is 3.79. The summed E-state index contributed by atoms with van der Waals surface area (Å²) in [6.45, 7) is 12.4. The van der Waals surface area contributed by atoms with Crippen molar-refractivity contribution in [1.29, 1.82) is 0 Å². The molecule has 30 heavy (non-hydrogen) atoms. The van der Waals surface area contributed by atoms with Gasteiger partial charge in [-0.25, -0.2) is 0 Å². The first-order valence-corrected chi connectivity index (χ1v) is 10.7. The van der Waals surface area contributed by atoms with E-state index in [1.165, 1.54) is 0 Å². The second-order valence-corrected chi connectivity index (χ2v) is 8.23. The highest BCUT2D eigenvalue weighted by molar-refractivity contribution is 5.96. The summed E-state index contributed by atoms with van der Waals surface area (Å²) in [7, 11) is 0. The fourth-order valence-corrected chi connectivity index (χ4v) is 3.79. The van der Waals surface area contributed by atoms with Gasteiger partial charge in [-0.1, -0.05) is 31.1 Å². The number of amides is 1. The molecule has 7 nitrogen and oxygen atoms in total. The number of nitrogens with one attached hydrogen (secondary N) is 1. The van der Waals surface area contributed by atoms with E-state index in [1.54, 1.807) is 6.07 Å². The van der Waals surface area contributed by atoms with Gasteiger partial charge in [-0.05, 0) is 38.3 Å². The zero-order valence-corrected chi connectivity index (χ0v) is 18.4. The molecule has 1 aromatic heterocycles. The molecule has 1 aliphatic rings. The molecule has 1 N–H and O–H groups in total. The summed E-state index contributed by atoms with van der Waals surface area (Å²) in [5.74, 6) is 1.73. The van der Waals surface area contributed by atoms with E-state index in [1.807, 2.05) is 32.0 Å². The van der Waals surface area contributed by atoms with E-state index < -0.39 is 0 Å². The van der Waals surface area contributed by atoms with Crippen LogP contribution in [-0.4, -0.2) is 54.9 Å². The molecule has 1 amide bonds. The van der Waals surface area contributed by atoms with E-state index >= 15 is 0 Å². The Labute approximate surface area is 178 Å². The number of aryl methyl sites for hydroxylation is 2. The predicted molar refractivity (Wildman–Crippen MR) is 115 cm³/mol. The topological polar surface area (TPSA) is 76.8 Å². The summed E-state index contributed by atoms with van der Waals surface area (Å²) in [5.41, 5.74) is 2.25. The molecule has 0 radical (unpaired) electrons. The van der Waals surface area contributed by atoms with Gasteiger partial charge < -0.3 is 19.3 Å². The third-order valence-corrected chi connectivity index (χ3v) is 5.49. The SMILES string of the molecule is Cc1noc(C)c1COc1ccccc1C(=O)NCC(CC(C)C)N1CCOCC1. The second-order valence-electron chi connectivity index (χ2n) is 8.23. The maximum Gasteiger partial charge on any atom is 0.255 e. The van der Waals surface area contributed by atoms with E-state index in [-0.39, 0.29) is 5.91 Å². The van der Waals surface area contributed by atoms with Gasteiger partial charge in [0.1, 0.15) is 18.1 Å². The summed E-state index contributed by atoms with van der Waals surface area (Å²) in [6, 6.07) is 7.64. The Balaban J connectivity index is 1.64. The van der Waals surface area contributed by atoms with Gasteiger partial charge in [0.25, 0.3) is 5.91 Å². The smallest absolute Gasteiger partial charge is 0.255 e. The van der Waals surface area contributed by atoms with Crippen molar-refractivity contribution in [2.24, 2.45) is 5.92 Å². The minimum Gasteiger partial charge on any atom is -0.488 e. The summed E-state index contributed by atoms with van der Waals surface area (Å²) >= 11 is 0. The van der Waals surface area contributed by atoms with Gasteiger partial charge in [-0.15, -0.1) is 0 Å². The Morgan fingerprint density at radius 3 is 2.63 bits per heavy atom. The van der Waals surface area contributed by atoms with Crippen LogP contribution in [0.15, 0.2) is 28.8 Å².